The zero-order chi connectivity index (χ0) is 11.5. The Morgan fingerprint density at radius 3 is 2.50 bits per heavy atom. The number of benzene rings is 1. The van der Waals surface area contributed by atoms with Gasteiger partial charge < -0.3 is 9.47 Å². The summed E-state index contributed by atoms with van der Waals surface area (Å²) in [5.74, 6) is 0.0165. The van der Waals surface area contributed by atoms with Crippen LogP contribution in [0.1, 0.15) is 5.56 Å². The molecule has 86 valence electrons. The number of rotatable bonds is 4. The van der Waals surface area contributed by atoms with Crippen molar-refractivity contribution in [1.29, 1.82) is 0 Å². The third-order valence-corrected chi connectivity index (χ3v) is 3.16. The van der Waals surface area contributed by atoms with Crippen LogP contribution in [0.3, 0.4) is 0 Å². The number of hydrogen-bond acceptors (Lipinski definition) is 3. The van der Waals surface area contributed by atoms with E-state index in [0.29, 0.717) is 0 Å². The number of carbonyl (C=O) groups is 1. The highest BCUT2D eigenvalue weighted by molar-refractivity contribution is 5.77. The van der Waals surface area contributed by atoms with Gasteiger partial charge in [0, 0.05) is 13.0 Å². The molecule has 0 aliphatic heterocycles. The second-order valence-corrected chi connectivity index (χ2v) is 4.10. The van der Waals surface area contributed by atoms with E-state index in [1.807, 2.05) is 18.2 Å². The van der Waals surface area contributed by atoms with Gasteiger partial charge in [0.25, 0.3) is 0 Å². The minimum Gasteiger partial charge on any atom is -0.469 e. The van der Waals surface area contributed by atoms with Crippen LogP contribution in [0.4, 0.5) is 0 Å². The zero-order valence-corrected chi connectivity index (χ0v) is 9.55. The molecule has 1 aromatic carbocycles. The van der Waals surface area contributed by atoms with Crippen molar-refractivity contribution in [3.63, 3.8) is 0 Å². The summed E-state index contributed by atoms with van der Waals surface area (Å²) in [5, 5.41) is 0. The number of hydrogen-bond donors (Lipinski definition) is 0. The Hall–Kier alpha value is -1.35. The third kappa shape index (κ3) is 2.09. The SMILES string of the molecule is COC(=O)C1C(Cc2ccccc2)C1OC. The summed E-state index contributed by atoms with van der Waals surface area (Å²) < 4.78 is 10.0. The molecule has 3 unspecified atom stereocenters. The van der Waals surface area contributed by atoms with Crippen molar-refractivity contribution in [2.75, 3.05) is 14.2 Å². The molecule has 3 atom stereocenters. The van der Waals surface area contributed by atoms with Gasteiger partial charge in [0.05, 0.1) is 19.1 Å². The molecule has 0 radical (unpaired) electrons. The lowest BCUT2D eigenvalue weighted by atomic mass is 10.1. The molecule has 0 amide bonds. The fraction of sp³-hybridized carbons (Fsp3) is 0.462. The van der Waals surface area contributed by atoms with E-state index in [2.05, 4.69) is 12.1 Å². The average molecular weight is 220 g/mol. The minimum absolute atomic E-state index is 0.0210. The predicted octanol–water partition coefficient (Wildman–Crippen LogP) is 1.66. The Morgan fingerprint density at radius 1 is 1.25 bits per heavy atom. The van der Waals surface area contributed by atoms with Crippen LogP contribution < -0.4 is 0 Å². The Balaban J connectivity index is 1.99. The van der Waals surface area contributed by atoms with Crippen LogP contribution in [0.5, 0.6) is 0 Å². The Morgan fingerprint density at radius 2 is 1.94 bits per heavy atom. The van der Waals surface area contributed by atoms with Gasteiger partial charge in [0.15, 0.2) is 0 Å². The first kappa shape index (κ1) is 11.1. The molecule has 1 fully saturated rings. The van der Waals surface area contributed by atoms with E-state index in [1.54, 1.807) is 7.11 Å². The summed E-state index contributed by atoms with van der Waals surface area (Å²) in [4.78, 5) is 11.4. The van der Waals surface area contributed by atoms with Crippen LogP contribution in [0.15, 0.2) is 30.3 Å². The van der Waals surface area contributed by atoms with Gasteiger partial charge >= 0.3 is 5.97 Å². The van der Waals surface area contributed by atoms with Crippen molar-refractivity contribution in [2.45, 2.75) is 12.5 Å². The minimum atomic E-state index is -0.159. The van der Waals surface area contributed by atoms with Gasteiger partial charge in [-0.25, -0.2) is 0 Å². The van der Waals surface area contributed by atoms with Gasteiger partial charge in [0.1, 0.15) is 0 Å². The third-order valence-electron chi connectivity index (χ3n) is 3.16. The molecule has 1 aromatic rings. The van der Waals surface area contributed by atoms with Crippen molar-refractivity contribution >= 4 is 5.97 Å². The van der Waals surface area contributed by atoms with Gasteiger partial charge in [-0.15, -0.1) is 0 Å². The first-order valence-corrected chi connectivity index (χ1v) is 5.42. The Labute approximate surface area is 95.4 Å². The van der Waals surface area contributed by atoms with Crippen LogP contribution in [0, 0.1) is 11.8 Å². The van der Waals surface area contributed by atoms with Crippen LogP contribution in [0.25, 0.3) is 0 Å². The molecule has 0 saturated heterocycles. The molecule has 0 bridgehead atoms. The second-order valence-electron chi connectivity index (χ2n) is 4.10. The van der Waals surface area contributed by atoms with Crippen molar-refractivity contribution in [2.24, 2.45) is 11.8 Å². The summed E-state index contributed by atoms with van der Waals surface area (Å²) in [7, 11) is 3.07. The van der Waals surface area contributed by atoms with Crippen LogP contribution in [-0.2, 0) is 20.7 Å². The summed E-state index contributed by atoms with van der Waals surface area (Å²) in [6.45, 7) is 0. The fourth-order valence-electron chi connectivity index (χ4n) is 2.24. The Bertz CT molecular complexity index is 361. The van der Waals surface area contributed by atoms with Gasteiger partial charge in [-0.1, -0.05) is 30.3 Å². The molecular formula is C13H16O3. The van der Waals surface area contributed by atoms with E-state index in [9.17, 15) is 4.79 Å². The summed E-state index contributed by atoms with van der Waals surface area (Å²) >= 11 is 0. The van der Waals surface area contributed by atoms with Crippen molar-refractivity contribution in [3.8, 4) is 0 Å². The first-order valence-electron chi connectivity index (χ1n) is 5.42. The highest BCUT2D eigenvalue weighted by atomic mass is 16.5. The maximum Gasteiger partial charge on any atom is 0.311 e. The molecule has 1 aliphatic carbocycles. The molecule has 0 aromatic heterocycles. The maximum absolute atomic E-state index is 11.4. The topological polar surface area (TPSA) is 35.5 Å². The Kier molecular flexibility index (Phi) is 3.25. The molecule has 16 heavy (non-hydrogen) atoms. The van der Waals surface area contributed by atoms with E-state index >= 15 is 0 Å². The monoisotopic (exact) mass is 220 g/mol. The van der Waals surface area contributed by atoms with Gasteiger partial charge in [-0.3, -0.25) is 4.79 Å². The van der Waals surface area contributed by atoms with Crippen molar-refractivity contribution in [1.82, 2.24) is 0 Å². The van der Waals surface area contributed by atoms with Gasteiger partial charge in [-0.2, -0.15) is 0 Å². The molecule has 1 saturated carbocycles. The van der Waals surface area contributed by atoms with Crippen LogP contribution in [-0.4, -0.2) is 26.3 Å². The number of methoxy groups -OCH3 is 2. The van der Waals surface area contributed by atoms with E-state index < -0.39 is 0 Å². The maximum atomic E-state index is 11.4. The lowest BCUT2D eigenvalue weighted by Gasteiger charge is -1.99. The lowest BCUT2D eigenvalue weighted by Crippen LogP contribution is -2.07. The van der Waals surface area contributed by atoms with E-state index in [4.69, 9.17) is 9.47 Å². The molecule has 0 heterocycles. The number of esters is 1. The van der Waals surface area contributed by atoms with Gasteiger partial charge in [0.2, 0.25) is 0 Å². The fourth-order valence-corrected chi connectivity index (χ4v) is 2.24. The predicted molar refractivity (Wildman–Crippen MR) is 59.9 cm³/mol. The normalized spacial score (nSPS) is 27.5. The largest absolute Gasteiger partial charge is 0.469 e. The van der Waals surface area contributed by atoms with Crippen molar-refractivity contribution < 1.29 is 14.3 Å². The second kappa shape index (κ2) is 4.66. The highest BCUT2D eigenvalue weighted by Gasteiger charge is 2.56. The summed E-state index contributed by atoms with van der Waals surface area (Å²) in [6.07, 6.45) is 0.895. The molecule has 1 aliphatic rings. The smallest absolute Gasteiger partial charge is 0.311 e. The molecular weight excluding hydrogens is 204 g/mol. The summed E-state index contributed by atoms with van der Waals surface area (Å²) in [5.41, 5.74) is 1.24. The quantitative estimate of drug-likeness (QED) is 0.724. The molecule has 2 rings (SSSR count). The first-order chi connectivity index (χ1) is 7.77. The van der Waals surface area contributed by atoms with Gasteiger partial charge in [-0.05, 0) is 12.0 Å². The standard InChI is InChI=1S/C13H16O3/c1-15-12-10(11(12)13(14)16-2)8-9-6-4-3-5-7-9/h3-7,10-12H,8H2,1-2H3. The number of ether oxygens (including phenoxy) is 2. The van der Waals surface area contributed by atoms with E-state index in [0.717, 1.165) is 6.42 Å². The highest BCUT2D eigenvalue weighted by Crippen LogP contribution is 2.44. The number of carbonyl (C=O) groups excluding carboxylic acids is 1. The van der Waals surface area contributed by atoms with Crippen LogP contribution in [0.2, 0.25) is 0 Å². The summed E-state index contributed by atoms with van der Waals surface area (Å²) in [6, 6.07) is 10.1. The molecule has 0 N–H and O–H groups in total. The molecule has 3 nitrogen and oxygen atoms in total. The van der Waals surface area contributed by atoms with Crippen LogP contribution >= 0.6 is 0 Å². The average Bonchev–Trinajstić information content (AvgIpc) is 3.02. The zero-order valence-electron chi connectivity index (χ0n) is 9.55. The molecule has 0 spiro atoms. The molecule has 3 heteroatoms. The van der Waals surface area contributed by atoms with Crippen molar-refractivity contribution in [3.05, 3.63) is 35.9 Å². The van der Waals surface area contributed by atoms with E-state index in [-0.39, 0.29) is 23.9 Å². The lowest BCUT2D eigenvalue weighted by molar-refractivity contribution is -0.143. The van der Waals surface area contributed by atoms with E-state index in [1.165, 1.54) is 12.7 Å².